The molecule has 1 aliphatic carbocycles. The number of hydrogen-bond donors (Lipinski definition) is 0. The van der Waals surface area contributed by atoms with Crippen molar-refractivity contribution < 1.29 is 0 Å². The molecule has 1 aliphatic rings. The molecular weight excluding hydrogens is 555 g/mol. The topological polar surface area (TPSA) is 22.2 Å². The minimum Gasteiger partial charge on any atom is -0.313 e. The van der Waals surface area contributed by atoms with Gasteiger partial charge in [0.2, 0.25) is 0 Å². The SMILES string of the molecule is C1=c2sc3ccccc3c2=CCc2c1c1ccccc1n2-c1ccc(-c2nc3ccccc3n3c2cc2ccccc23)cc1. The normalized spacial score (nSPS) is 12.8. The molecule has 0 atom stereocenters. The number of benzene rings is 5. The van der Waals surface area contributed by atoms with Crippen LogP contribution in [0.2, 0.25) is 0 Å². The lowest BCUT2D eigenvalue weighted by molar-refractivity contribution is 1.02. The van der Waals surface area contributed by atoms with Gasteiger partial charge in [0.15, 0.2) is 0 Å². The number of hydrogen-bond acceptors (Lipinski definition) is 2. The van der Waals surface area contributed by atoms with Crippen LogP contribution < -0.4 is 9.75 Å². The predicted molar refractivity (Wildman–Crippen MR) is 185 cm³/mol. The van der Waals surface area contributed by atoms with E-state index in [2.05, 4.69) is 149 Å². The second-order valence-corrected chi connectivity index (χ2v) is 12.6. The Kier molecular flexibility index (Phi) is 4.93. The maximum Gasteiger partial charge on any atom is 0.0950 e. The molecule has 3 nitrogen and oxygen atoms in total. The second kappa shape index (κ2) is 9.03. The minimum atomic E-state index is 0.875. The van der Waals surface area contributed by atoms with Gasteiger partial charge in [-0.3, -0.25) is 0 Å². The third-order valence-corrected chi connectivity index (χ3v) is 10.3. The molecular formula is C40H25N3S. The van der Waals surface area contributed by atoms with Gasteiger partial charge in [-0.2, -0.15) is 0 Å². The van der Waals surface area contributed by atoms with Gasteiger partial charge < -0.3 is 8.97 Å². The molecule has 9 aromatic rings. The number of thiophene rings is 1. The first-order valence-corrected chi connectivity index (χ1v) is 15.8. The van der Waals surface area contributed by atoms with Gasteiger partial charge in [0.05, 0.1) is 33.3 Å². The molecule has 206 valence electrons. The Balaban J connectivity index is 1.17. The van der Waals surface area contributed by atoms with Gasteiger partial charge in [0.25, 0.3) is 0 Å². The van der Waals surface area contributed by atoms with Gasteiger partial charge in [0.1, 0.15) is 0 Å². The molecule has 0 unspecified atom stereocenters. The highest BCUT2D eigenvalue weighted by molar-refractivity contribution is 7.17. The molecule has 44 heavy (non-hydrogen) atoms. The molecule has 0 bridgehead atoms. The first-order valence-electron chi connectivity index (χ1n) is 15.0. The van der Waals surface area contributed by atoms with E-state index in [1.54, 1.807) is 0 Å². The van der Waals surface area contributed by atoms with Crippen LogP contribution in [0.3, 0.4) is 0 Å². The van der Waals surface area contributed by atoms with E-state index in [0.717, 1.165) is 34.2 Å². The maximum absolute atomic E-state index is 5.20. The summed E-state index contributed by atoms with van der Waals surface area (Å²) in [5.41, 5.74) is 11.6. The maximum atomic E-state index is 5.20. The summed E-state index contributed by atoms with van der Waals surface area (Å²) in [6.45, 7) is 0. The van der Waals surface area contributed by atoms with Crippen molar-refractivity contribution in [2.75, 3.05) is 0 Å². The second-order valence-electron chi connectivity index (χ2n) is 11.6. The third kappa shape index (κ3) is 3.34. The first kappa shape index (κ1) is 24.0. The van der Waals surface area contributed by atoms with Crippen LogP contribution in [-0.4, -0.2) is 14.0 Å². The largest absolute Gasteiger partial charge is 0.313 e. The minimum absolute atomic E-state index is 0.875. The molecule has 5 aromatic carbocycles. The molecule has 0 amide bonds. The zero-order valence-corrected chi connectivity index (χ0v) is 24.6. The van der Waals surface area contributed by atoms with Crippen LogP contribution in [0.15, 0.2) is 127 Å². The summed E-state index contributed by atoms with van der Waals surface area (Å²) >= 11 is 1.89. The average Bonchev–Trinajstić information content (AvgIpc) is 3.69. The Morgan fingerprint density at radius 2 is 1.36 bits per heavy atom. The first-order chi connectivity index (χ1) is 21.8. The molecule has 0 aliphatic heterocycles. The van der Waals surface area contributed by atoms with E-state index < -0.39 is 0 Å². The summed E-state index contributed by atoms with van der Waals surface area (Å²) < 4.78 is 7.50. The Bertz CT molecular complexity index is 2740. The third-order valence-electron chi connectivity index (χ3n) is 9.16. The summed E-state index contributed by atoms with van der Waals surface area (Å²) in [6.07, 6.45) is 5.71. The van der Waals surface area contributed by atoms with Crippen molar-refractivity contribution in [3.05, 3.63) is 148 Å². The van der Waals surface area contributed by atoms with Crippen molar-refractivity contribution in [2.45, 2.75) is 6.42 Å². The fraction of sp³-hybridized carbons (Fsp3) is 0.0250. The van der Waals surface area contributed by atoms with Crippen LogP contribution in [0.25, 0.3) is 77.5 Å². The summed E-state index contributed by atoms with van der Waals surface area (Å²) in [5, 5.41) is 5.22. The number of para-hydroxylation sites is 4. The molecule has 0 spiro atoms. The van der Waals surface area contributed by atoms with E-state index in [9.17, 15) is 0 Å². The average molecular weight is 580 g/mol. The van der Waals surface area contributed by atoms with Crippen molar-refractivity contribution in [1.29, 1.82) is 0 Å². The van der Waals surface area contributed by atoms with Crippen LogP contribution in [-0.2, 0) is 6.42 Å². The summed E-state index contributed by atoms with van der Waals surface area (Å²) in [6, 6.07) is 45.9. The van der Waals surface area contributed by atoms with Crippen molar-refractivity contribution in [3.8, 4) is 16.9 Å². The van der Waals surface area contributed by atoms with E-state index in [1.165, 1.54) is 58.6 Å². The quantitative estimate of drug-likeness (QED) is 0.201. The molecule has 4 heteroatoms. The van der Waals surface area contributed by atoms with Gasteiger partial charge >= 0.3 is 0 Å². The monoisotopic (exact) mass is 579 g/mol. The molecule has 0 saturated heterocycles. The summed E-state index contributed by atoms with van der Waals surface area (Å²) in [5.74, 6) is 0. The zero-order valence-electron chi connectivity index (χ0n) is 23.7. The Hall–Kier alpha value is -5.45. The van der Waals surface area contributed by atoms with Crippen molar-refractivity contribution in [2.24, 2.45) is 0 Å². The highest BCUT2D eigenvalue weighted by Crippen LogP contribution is 2.35. The number of rotatable bonds is 2. The molecule has 10 rings (SSSR count). The molecule has 0 N–H and O–H groups in total. The zero-order chi connectivity index (χ0) is 28.8. The molecule has 0 radical (unpaired) electrons. The van der Waals surface area contributed by atoms with Gasteiger partial charge in [-0.05, 0) is 65.2 Å². The molecule has 0 saturated carbocycles. The highest BCUT2D eigenvalue weighted by Gasteiger charge is 2.19. The van der Waals surface area contributed by atoms with Crippen LogP contribution in [0.4, 0.5) is 0 Å². The number of fused-ring (bicyclic) bond motifs is 11. The van der Waals surface area contributed by atoms with Crippen LogP contribution in [0.1, 0.15) is 11.3 Å². The summed E-state index contributed by atoms with van der Waals surface area (Å²) in [4.78, 5) is 5.20. The lowest BCUT2D eigenvalue weighted by atomic mass is 10.1. The highest BCUT2D eigenvalue weighted by atomic mass is 32.1. The lowest BCUT2D eigenvalue weighted by Gasteiger charge is -2.13. The molecule has 4 heterocycles. The van der Waals surface area contributed by atoms with Crippen molar-refractivity contribution >= 4 is 71.9 Å². The van der Waals surface area contributed by atoms with E-state index in [-0.39, 0.29) is 0 Å². The number of nitrogens with zero attached hydrogens (tertiary/aromatic N) is 3. The fourth-order valence-electron chi connectivity index (χ4n) is 7.20. The van der Waals surface area contributed by atoms with E-state index in [4.69, 9.17) is 4.98 Å². The van der Waals surface area contributed by atoms with E-state index in [1.807, 2.05) is 11.3 Å². The predicted octanol–water partition coefficient (Wildman–Crippen LogP) is 8.63. The van der Waals surface area contributed by atoms with Crippen LogP contribution >= 0.6 is 11.3 Å². The smallest absolute Gasteiger partial charge is 0.0950 e. The van der Waals surface area contributed by atoms with Gasteiger partial charge in [-0.1, -0.05) is 84.9 Å². The van der Waals surface area contributed by atoms with Gasteiger partial charge in [-0.25, -0.2) is 4.98 Å². The van der Waals surface area contributed by atoms with Crippen LogP contribution in [0.5, 0.6) is 0 Å². The van der Waals surface area contributed by atoms with E-state index >= 15 is 0 Å². The molecule has 4 aromatic heterocycles. The summed E-state index contributed by atoms with van der Waals surface area (Å²) in [7, 11) is 0. The Morgan fingerprint density at radius 1 is 0.636 bits per heavy atom. The van der Waals surface area contributed by atoms with Crippen molar-refractivity contribution in [3.63, 3.8) is 0 Å². The van der Waals surface area contributed by atoms with Crippen LogP contribution in [0, 0.1) is 0 Å². The molecule has 0 fully saturated rings. The van der Waals surface area contributed by atoms with Crippen molar-refractivity contribution in [1.82, 2.24) is 14.0 Å². The Morgan fingerprint density at radius 3 is 2.25 bits per heavy atom. The number of aromatic nitrogens is 3. The lowest BCUT2D eigenvalue weighted by Crippen LogP contribution is -2.17. The standard InChI is InChI=1S/C40H25N3S/c1-5-13-33-26(9-1)23-37-40(41-32-12-4-7-15-36(32)43(33)37)25-17-19-27(20-18-25)42-34-14-6-2-10-28(34)31-24-39-30(21-22-35(31)42)29-11-3-8-16-38(29)44-39/h1-21,23-24H,22H2. The van der Waals surface area contributed by atoms with Gasteiger partial charge in [-0.15, -0.1) is 11.3 Å². The Labute approximate surface area is 256 Å². The van der Waals surface area contributed by atoms with Gasteiger partial charge in [0, 0.05) is 48.9 Å². The fourth-order valence-corrected chi connectivity index (χ4v) is 8.35. The van der Waals surface area contributed by atoms with E-state index in [0.29, 0.717) is 0 Å².